The summed E-state index contributed by atoms with van der Waals surface area (Å²) in [6.07, 6.45) is 5.31. The Kier molecular flexibility index (Phi) is 5.54. The van der Waals surface area contributed by atoms with Gasteiger partial charge in [-0.1, -0.05) is 12.1 Å². The number of rotatable bonds is 6. The third-order valence-electron chi connectivity index (χ3n) is 5.55. The van der Waals surface area contributed by atoms with Gasteiger partial charge in [0.2, 0.25) is 0 Å². The second-order valence-corrected chi connectivity index (χ2v) is 8.01. The Morgan fingerprint density at radius 2 is 1.91 bits per heavy atom. The summed E-state index contributed by atoms with van der Waals surface area (Å²) in [5, 5.41) is 15.0. The van der Waals surface area contributed by atoms with Crippen molar-refractivity contribution in [2.24, 2.45) is 0 Å². The summed E-state index contributed by atoms with van der Waals surface area (Å²) in [7, 11) is 0. The number of aromatic nitrogens is 2. The highest BCUT2D eigenvalue weighted by molar-refractivity contribution is 7.80. The van der Waals surface area contributed by atoms with E-state index in [4.69, 9.17) is 16.6 Å². The number of benzene rings is 1. The topological polar surface area (TPSA) is 97.3 Å². The maximum Gasteiger partial charge on any atom is 0.269 e. The molecule has 4 heterocycles. The number of non-ortho nitro benzene ring substituents is 1. The molecule has 9 heteroatoms. The molecule has 0 amide bonds. The highest BCUT2D eigenvalue weighted by Gasteiger charge is 2.41. The highest BCUT2D eigenvalue weighted by Crippen LogP contribution is 2.41. The molecule has 4 aromatic rings. The Morgan fingerprint density at radius 1 is 1.06 bits per heavy atom. The van der Waals surface area contributed by atoms with Crippen molar-refractivity contribution in [2.75, 3.05) is 0 Å². The fraction of sp³-hybridized carbons (Fsp3) is 0.125. The maximum absolute atomic E-state index is 11.0. The van der Waals surface area contributed by atoms with Gasteiger partial charge in [0, 0.05) is 42.8 Å². The number of nitrogens with one attached hydrogen (secondary N) is 1. The van der Waals surface area contributed by atoms with Crippen LogP contribution in [0.5, 0.6) is 0 Å². The third-order valence-corrected chi connectivity index (χ3v) is 5.91. The second-order valence-electron chi connectivity index (χ2n) is 7.62. The minimum Gasteiger partial charge on any atom is -0.459 e. The molecular formula is C24H19N5O3S. The third kappa shape index (κ3) is 4.18. The van der Waals surface area contributed by atoms with E-state index >= 15 is 0 Å². The number of hydrogen-bond donors (Lipinski definition) is 1. The highest BCUT2D eigenvalue weighted by atomic mass is 32.1. The fourth-order valence-electron chi connectivity index (χ4n) is 3.99. The molecule has 1 aliphatic heterocycles. The first kappa shape index (κ1) is 20.8. The van der Waals surface area contributed by atoms with Crippen LogP contribution in [0.25, 0.3) is 11.3 Å². The first-order chi connectivity index (χ1) is 16.1. The molecule has 1 fully saturated rings. The van der Waals surface area contributed by atoms with Gasteiger partial charge in [0.25, 0.3) is 5.69 Å². The zero-order valence-corrected chi connectivity index (χ0v) is 18.2. The molecule has 2 unspecified atom stereocenters. The Hall–Kier alpha value is -4.11. The zero-order valence-electron chi connectivity index (χ0n) is 17.4. The van der Waals surface area contributed by atoms with Gasteiger partial charge < -0.3 is 14.6 Å². The second kappa shape index (κ2) is 8.79. The molecular weight excluding hydrogens is 438 g/mol. The van der Waals surface area contributed by atoms with Crippen LogP contribution in [0.2, 0.25) is 0 Å². The van der Waals surface area contributed by atoms with Crippen LogP contribution in [0.4, 0.5) is 5.69 Å². The lowest BCUT2D eigenvalue weighted by atomic mass is 10.0. The van der Waals surface area contributed by atoms with Crippen molar-refractivity contribution in [3.8, 4) is 11.3 Å². The predicted octanol–water partition coefficient (Wildman–Crippen LogP) is 4.82. The summed E-state index contributed by atoms with van der Waals surface area (Å²) in [5.74, 6) is 1.34. The Balaban J connectivity index is 1.51. The normalized spacial score (nSPS) is 17.7. The SMILES string of the molecule is O=[N+]([O-])c1ccc(-c2ccc(C3C(c4ccccn4)NC(=S)N3Cc3cccnc3)o2)cc1. The van der Waals surface area contributed by atoms with E-state index in [1.807, 2.05) is 48.7 Å². The lowest BCUT2D eigenvalue weighted by Crippen LogP contribution is -2.29. The van der Waals surface area contributed by atoms with E-state index in [0.29, 0.717) is 17.4 Å². The molecule has 1 aromatic carbocycles. The Labute approximate surface area is 195 Å². The van der Waals surface area contributed by atoms with Crippen LogP contribution in [-0.2, 0) is 6.54 Å². The average molecular weight is 458 g/mol. The number of thiocarbonyl (C=S) groups is 1. The molecule has 0 spiro atoms. The van der Waals surface area contributed by atoms with Gasteiger partial charge in [-0.05, 0) is 60.2 Å². The van der Waals surface area contributed by atoms with Crippen LogP contribution in [-0.4, -0.2) is 24.9 Å². The van der Waals surface area contributed by atoms with E-state index in [9.17, 15) is 10.1 Å². The number of hydrogen-bond acceptors (Lipinski definition) is 6. The van der Waals surface area contributed by atoms with Gasteiger partial charge >= 0.3 is 0 Å². The van der Waals surface area contributed by atoms with Crippen molar-refractivity contribution >= 4 is 23.0 Å². The van der Waals surface area contributed by atoms with Crippen LogP contribution in [0.3, 0.4) is 0 Å². The van der Waals surface area contributed by atoms with Gasteiger partial charge in [-0.2, -0.15) is 0 Å². The molecule has 1 saturated heterocycles. The molecule has 0 aliphatic carbocycles. The number of nitrogens with zero attached hydrogens (tertiary/aromatic N) is 4. The van der Waals surface area contributed by atoms with Gasteiger partial charge in [-0.15, -0.1) is 0 Å². The van der Waals surface area contributed by atoms with Crippen molar-refractivity contribution in [2.45, 2.75) is 18.6 Å². The molecule has 0 saturated carbocycles. The van der Waals surface area contributed by atoms with Crippen molar-refractivity contribution < 1.29 is 9.34 Å². The summed E-state index contributed by atoms with van der Waals surface area (Å²) in [4.78, 5) is 21.4. The van der Waals surface area contributed by atoms with Gasteiger partial charge in [0.1, 0.15) is 17.6 Å². The molecule has 1 aliphatic rings. The minimum absolute atomic E-state index is 0.0359. The van der Waals surface area contributed by atoms with E-state index in [2.05, 4.69) is 20.2 Å². The lowest BCUT2D eigenvalue weighted by Gasteiger charge is -2.26. The van der Waals surface area contributed by atoms with E-state index in [1.165, 1.54) is 12.1 Å². The fourth-order valence-corrected chi connectivity index (χ4v) is 4.29. The Morgan fingerprint density at radius 3 is 2.61 bits per heavy atom. The molecule has 1 N–H and O–H groups in total. The van der Waals surface area contributed by atoms with Crippen molar-refractivity contribution in [1.29, 1.82) is 0 Å². The molecule has 0 radical (unpaired) electrons. The first-order valence-corrected chi connectivity index (χ1v) is 10.7. The molecule has 3 aromatic heterocycles. The summed E-state index contributed by atoms with van der Waals surface area (Å²) in [5.41, 5.74) is 2.67. The molecule has 164 valence electrons. The van der Waals surface area contributed by atoms with Crippen molar-refractivity contribution in [1.82, 2.24) is 20.2 Å². The summed E-state index contributed by atoms with van der Waals surface area (Å²) in [6, 6.07) is 19.3. The van der Waals surface area contributed by atoms with Crippen LogP contribution < -0.4 is 5.32 Å². The van der Waals surface area contributed by atoms with E-state index in [-0.39, 0.29) is 17.8 Å². The molecule has 33 heavy (non-hydrogen) atoms. The number of nitro benzene ring substituents is 1. The van der Waals surface area contributed by atoms with Crippen molar-refractivity contribution in [3.63, 3.8) is 0 Å². The summed E-state index contributed by atoms with van der Waals surface area (Å²) >= 11 is 5.69. The largest absolute Gasteiger partial charge is 0.459 e. The van der Waals surface area contributed by atoms with Gasteiger partial charge in [-0.3, -0.25) is 20.1 Å². The van der Waals surface area contributed by atoms with Crippen molar-refractivity contribution in [3.05, 3.63) is 112 Å². The van der Waals surface area contributed by atoms with Gasteiger partial charge in [0.15, 0.2) is 5.11 Å². The van der Waals surface area contributed by atoms with E-state index in [0.717, 1.165) is 22.6 Å². The lowest BCUT2D eigenvalue weighted by molar-refractivity contribution is -0.384. The van der Waals surface area contributed by atoms with Gasteiger partial charge in [-0.25, -0.2) is 0 Å². The predicted molar refractivity (Wildman–Crippen MR) is 126 cm³/mol. The smallest absolute Gasteiger partial charge is 0.269 e. The van der Waals surface area contributed by atoms with E-state index in [1.54, 1.807) is 24.5 Å². The molecule has 5 rings (SSSR count). The van der Waals surface area contributed by atoms with E-state index < -0.39 is 4.92 Å². The van der Waals surface area contributed by atoms with Crippen LogP contribution >= 0.6 is 12.2 Å². The molecule has 0 bridgehead atoms. The van der Waals surface area contributed by atoms with Gasteiger partial charge in [0.05, 0.1) is 16.7 Å². The zero-order chi connectivity index (χ0) is 22.8. The first-order valence-electron chi connectivity index (χ1n) is 10.3. The number of nitro groups is 1. The molecule has 8 nitrogen and oxygen atoms in total. The number of pyridine rings is 2. The van der Waals surface area contributed by atoms with Crippen LogP contribution in [0.15, 0.2) is 89.7 Å². The summed E-state index contributed by atoms with van der Waals surface area (Å²) < 4.78 is 6.27. The standard InChI is InChI=1S/C24H19N5O3S/c30-29(31)18-8-6-17(7-9-18)20-10-11-21(32-20)23-22(19-5-1-2-13-26-19)27-24(33)28(23)15-16-4-3-12-25-14-16/h1-14,22-23H,15H2,(H,27,33). The maximum atomic E-state index is 11.0. The minimum atomic E-state index is -0.420. The van der Waals surface area contributed by atoms with Crippen LogP contribution in [0, 0.1) is 10.1 Å². The summed E-state index contributed by atoms with van der Waals surface area (Å²) in [6.45, 7) is 0.557. The monoisotopic (exact) mass is 457 g/mol. The van der Waals surface area contributed by atoms with Crippen LogP contribution in [0.1, 0.15) is 29.1 Å². The number of furan rings is 1. The average Bonchev–Trinajstić information content (AvgIpc) is 3.45. The Bertz CT molecular complexity index is 1280. The molecule has 2 atom stereocenters. The quantitative estimate of drug-likeness (QED) is 0.250.